The van der Waals surface area contributed by atoms with Crippen molar-refractivity contribution in [1.29, 1.82) is 0 Å². The van der Waals surface area contributed by atoms with Crippen LogP contribution >= 0.6 is 0 Å². The summed E-state index contributed by atoms with van der Waals surface area (Å²) < 4.78 is 4.63. The molecule has 1 aliphatic rings. The van der Waals surface area contributed by atoms with Crippen LogP contribution in [0.1, 0.15) is 36.2 Å². The molecule has 0 aromatic carbocycles. The number of esters is 1. The Morgan fingerprint density at radius 1 is 1.45 bits per heavy atom. The SMILES string of the molecule is CNCCC1CCCCN1c1ccc(C(=O)OC)nn1. The fourth-order valence-electron chi connectivity index (χ4n) is 2.61. The Hall–Kier alpha value is -1.69. The number of nitrogens with zero attached hydrogens (tertiary/aromatic N) is 3. The molecule has 20 heavy (non-hydrogen) atoms. The lowest BCUT2D eigenvalue weighted by molar-refractivity contribution is 0.0592. The number of nitrogens with one attached hydrogen (secondary N) is 1. The maximum absolute atomic E-state index is 11.4. The molecule has 0 radical (unpaired) electrons. The van der Waals surface area contributed by atoms with Crippen LogP contribution in [0.5, 0.6) is 0 Å². The Morgan fingerprint density at radius 3 is 2.95 bits per heavy atom. The zero-order valence-corrected chi connectivity index (χ0v) is 12.1. The van der Waals surface area contributed by atoms with Crippen molar-refractivity contribution in [3.05, 3.63) is 17.8 Å². The molecule has 0 aliphatic carbocycles. The van der Waals surface area contributed by atoms with Crippen LogP contribution in [0.4, 0.5) is 5.82 Å². The first kappa shape index (κ1) is 14.7. The van der Waals surface area contributed by atoms with Gasteiger partial charge < -0.3 is 15.0 Å². The molecule has 0 bridgehead atoms. The molecule has 110 valence electrons. The van der Waals surface area contributed by atoms with Crippen LogP contribution in [0.25, 0.3) is 0 Å². The highest BCUT2D eigenvalue weighted by atomic mass is 16.5. The van der Waals surface area contributed by atoms with E-state index in [2.05, 4.69) is 25.2 Å². The van der Waals surface area contributed by atoms with E-state index in [1.807, 2.05) is 13.1 Å². The number of methoxy groups -OCH3 is 1. The van der Waals surface area contributed by atoms with Gasteiger partial charge in [-0.2, -0.15) is 0 Å². The van der Waals surface area contributed by atoms with E-state index in [0.717, 1.165) is 25.3 Å². The molecule has 1 N–H and O–H groups in total. The molecule has 1 atom stereocenters. The average molecular weight is 278 g/mol. The molecule has 0 saturated carbocycles. The van der Waals surface area contributed by atoms with Crippen molar-refractivity contribution >= 4 is 11.8 Å². The monoisotopic (exact) mass is 278 g/mol. The van der Waals surface area contributed by atoms with Gasteiger partial charge in [0.15, 0.2) is 11.5 Å². The van der Waals surface area contributed by atoms with Crippen molar-refractivity contribution in [1.82, 2.24) is 15.5 Å². The van der Waals surface area contributed by atoms with Gasteiger partial charge in [-0.15, -0.1) is 10.2 Å². The molecule has 1 unspecified atom stereocenters. The second-order valence-corrected chi connectivity index (χ2v) is 5.00. The van der Waals surface area contributed by atoms with Gasteiger partial charge in [0.25, 0.3) is 0 Å². The molecule has 6 nitrogen and oxygen atoms in total. The van der Waals surface area contributed by atoms with Crippen LogP contribution in [0, 0.1) is 0 Å². The molecule has 1 aliphatic heterocycles. The number of ether oxygens (including phenoxy) is 1. The zero-order valence-electron chi connectivity index (χ0n) is 12.1. The lowest BCUT2D eigenvalue weighted by atomic mass is 9.99. The number of anilines is 1. The molecule has 2 rings (SSSR count). The van der Waals surface area contributed by atoms with Crippen molar-refractivity contribution in [2.24, 2.45) is 0 Å². The standard InChI is InChI=1S/C14H22N4O2/c1-15-9-8-11-5-3-4-10-18(11)13-7-6-12(16-17-13)14(19)20-2/h6-7,11,15H,3-5,8-10H2,1-2H3. The van der Waals surface area contributed by atoms with Gasteiger partial charge in [-0.3, -0.25) is 0 Å². The van der Waals surface area contributed by atoms with Crippen LogP contribution in [0.3, 0.4) is 0 Å². The van der Waals surface area contributed by atoms with E-state index in [1.54, 1.807) is 6.07 Å². The summed E-state index contributed by atoms with van der Waals surface area (Å²) in [5.74, 6) is 0.396. The van der Waals surface area contributed by atoms with Crippen LogP contribution in [0.2, 0.25) is 0 Å². The van der Waals surface area contributed by atoms with Gasteiger partial charge in [-0.05, 0) is 51.4 Å². The maximum Gasteiger partial charge on any atom is 0.358 e. The van der Waals surface area contributed by atoms with E-state index in [1.165, 1.54) is 26.4 Å². The summed E-state index contributed by atoms with van der Waals surface area (Å²) in [6.07, 6.45) is 4.72. The summed E-state index contributed by atoms with van der Waals surface area (Å²) in [6, 6.07) is 4.03. The van der Waals surface area contributed by atoms with Gasteiger partial charge in [0.1, 0.15) is 0 Å². The first-order valence-electron chi connectivity index (χ1n) is 7.09. The largest absolute Gasteiger partial charge is 0.464 e. The Balaban J connectivity index is 2.09. The minimum Gasteiger partial charge on any atom is -0.464 e. The third-order valence-corrected chi connectivity index (χ3v) is 3.69. The van der Waals surface area contributed by atoms with Crippen LogP contribution in [-0.4, -0.2) is 49.5 Å². The van der Waals surface area contributed by atoms with Crippen LogP contribution < -0.4 is 10.2 Å². The number of hydrogen-bond donors (Lipinski definition) is 1. The molecule has 1 fully saturated rings. The summed E-state index contributed by atoms with van der Waals surface area (Å²) in [6.45, 7) is 2.00. The highest BCUT2D eigenvalue weighted by Gasteiger charge is 2.23. The third kappa shape index (κ3) is 3.45. The molecule has 0 amide bonds. The van der Waals surface area contributed by atoms with Crippen LogP contribution in [0.15, 0.2) is 12.1 Å². The fraction of sp³-hybridized carbons (Fsp3) is 0.643. The van der Waals surface area contributed by atoms with Crippen molar-refractivity contribution < 1.29 is 9.53 Å². The fourth-order valence-corrected chi connectivity index (χ4v) is 2.61. The Kier molecular flexibility index (Phi) is 5.29. The van der Waals surface area contributed by atoms with E-state index < -0.39 is 5.97 Å². The number of aromatic nitrogens is 2. The van der Waals surface area contributed by atoms with E-state index in [-0.39, 0.29) is 5.69 Å². The number of rotatable bonds is 5. The molecule has 6 heteroatoms. The topological polar surface area (TPSA) is 67.4 Å². The van der Waals surface area contributed by atoms with Crippen molar-refractivity contribution in [3.63, 3.8) is 0 Å². The van der Waals surface area contributed by atoms with E-state index in [9.17, 15) is 4.79 Å². The normalized spacial score (nSPS) is 18.9. The van der Waals surface area contributed by atoms with E-state index in [4.69, 9.17) is 0 Å². The smallest absolute Gasteiger partial charge is 0.358 e. The minimum atomic E-state index is -0.450. The number of piperidine rings is 1. The molecule has 1 saturated heterocycles. The number of carbonyl (C=O) groups is 1. The molecular weight excluding hydrogens is 256 g/mol. The minimum absolute atomic E-state index is 0.250. The summed E-state index contributed by atoms with van der Waals surface area (Å²) in [7, 11) is 3.31. The molecule has 1 aromatic rings. The van der Waals surface area contributed by atoms with Crippen molar-refractivity contribution in [3.8, 4) is 0 Å². The number of carbonyl (C=O) groups excluding carboxylic acids is 1. The molecular formula is C14H22N4O2. The van der Waals surface area contributed by atoms with Crippen LogP contribution in [-0.2, 0) is 4.74 Å². The van der Waals surface area contributed by atoms with Gasteiger partial charge in [0, 0.05) is 12.6 Å². The summed E-state index contributed by atoms with van der Waals surface area (Å²) >= 11 is 0. The predicted octanol–water partition coefficient (Wildman–Crippen LogP) is 1.23. The Bertz CT molecular complexity index is 435. The average Bonchev–Trinajstić information content (AvgIpc) is 2.52. The van der Waals surface area contributed by atoms with Gasteiger partial charge >= 0.3 is 5.97 Å². The van der Waals surface area contributed by atoms with Crippen molar-refractivity contribution in [2.45, 2.75) is 31.7 Å². The van der Waals surface area contributed by atoms with Gasteiger partial charge in [0.2, 0.25) is 0 Å². The summed E-state index contributed by atoms with van der Waals surface area (Å²) in [4.78, 5) is 13.7. The summed E-state index contributed by atoms with van der Waals surface area (Å²) in [5, 5.41) is 11.3. The Labute approximate surface area is 119 Å². The third-order valence-electron chi connectivity index (χ3n) is 3.69. The predicted molar refractivity (Wildman–Crippen MR) is 76.9 cm³/mol. The summed E-state index contributed by atoms with van der Waals surface area (Å²) in [5.41, 5.74) is 0.250. The van der Waals surface area contributed by atoms with E-state index >= 15 is 0 Å². The molecule has 2 heterocycles. The number of hydrogen-bond acceptors (Lipinski definition) is 6. The quantitative estimate of drug-likeness (QED) is 0.817. The first-order valence-corrected chi connectivity index (χ1v) is 7.09. The molecule has 0 spiro atoms. The van der Waals surface area contributed by atoms with Gasteiger partial charge in [-0.1, -0.05) is 0 Å². The van der Waals surface area contributed by atoms with E-state index in [0.29, 0.717) is 6.04 Å². The maximum atomic E-state index is 11.4. The van der Waals surface area contributed by atoms with Gasteiger partial charge in [-0.25, -0.2) is 4.79 Å². The second kappa shape index (κ2) is 7.19. The lowest BCUT2D eigenvalue weighted by Crippen LogP contribution is -2.41. The lowest BCUT2D eigenvalue weighted by Gasteiger charge is -2.36. The second-order valence-electron chi connectivity index (χ2n) is 5.00. The van der Waals surface area contributed by atoms with Crippen molar-refractivity contribution in [2.75, 3.05) is 32.1 Å². The Morgan fingerprint density at radius 2 is 2.30 bits per heavy atom. The van der Waals surface area contributed by atoms with Gasteiger partial charge in [0.05, 0.1) is 7.11 Å². The highest BCUT2D eigenvalue weighted by molar-refractivity contribution is 5.86. The molecule has 1 aromatic heterocycles. The highest BCUT2D eigenvalue weighted by Crippen LogP contribution is 2.24. The first-order chi connectivity index (χ1) is 9.76. The zero-order chi connectivity index (χ0) is 14.4.